The van der Waals surface area contributed by atoms with E-state index in [4.69, 9.17) is 0 Å². The van der Waals surface area contributed by atoms with E-state index in [2.05, 4.69) is 11.1 Å². The molecule has 0 saturated heterocycles. The lowest BCUT2D eigenvalue weighted by Crippen LogP contribution is -2.42. The fourth-order valence-electron chi connectivity index (χ4n) is 2.97. The van der Waals surface area contributed by atoms with Crippen molar-refractivity contribution in [3.63, 3.8) is 0 Å². The molecule has 0 amide bonds. The topological polar surface area (TPSA) is 71.9 Å². The molecule has 1 aromatic carbocycles. The second-order valence-corrected chi connectivity index (χ2v) is 5.40. The molecule has 1 aliphatic carbocycles. The van der Waals surface area contributed by atoms with Crippen LogP contribution in [0.3, 0.4) is 0 Å². The van der Waals surface area contributed by atoms with Gasteiger partial charge in [0.1, 0.15) is 0 Å². The van der Waals surface area contributed by atoms with E-state index >= 15 is 0 Å². The average molecular weight is 284 g/mol. The highest BCUT2D eigenvalue weighted by atomic mass is 16.2. The molecule has 0 bridgehead atoms. The Morgan fingerprint density at radius 2 is 1.95 bits per heavy atom. The van der Waals surface area contributed by atoms with E-state index in [0.717, 1.165) is 18.4 Å². The minimum Gasteiger partial charge on any atom is -0.313 e. The van der Waals surface area contributed by atoms with Crippen molar-refractivity contribution in [2.45, 2.75) is 32.2 Å². The van der Waals surface area contributed by atoms with Crippen LogP contribution < -0.4 is 11.2 Å². The molecule has 0 radical (unpaired) electrons. The van der Waals surface area contributed by atoms with Gasteiger partial charge in [0, 0.05) is 12.2 Å². The number of aromatic nitrogens is 2. The predicted molar refractivity (Wildman–Crippen MR) is 78.8 cm³/mol. The molecular weight excluding hydrogens is 268 g/mol. The van der Waals surface area contributed by atoms with Crippen LogP contribution in [0.1, 0.15) is 40.9 Å². The zero-order valence-corrected chi connectivity index (χ0v) is 11.8. The van der Waals surface area contributed by atoms with Crippen molar-refractivity contribution in [1.82, 2.24) is 9.55 Å². The van der Waals surface area contributed by atoms with E-state index < -0.39 is 11.2 Å². The van der Waals surface area contributed by atoms with E-state index in [1.807, 2.05) is 18.2 Å². The van der Waals surface area contributed by atoms with E-state index in [0.29, 0.717) is 6.42 Å². The molecule has 0 saturated carbocycles. The number of hydrogen-bond donors (Lipinski definition) is 1. The van der Waals surface area contributed by atoms with Crippen molar-refractivity contribution in [3.05, 3.63) is 68.0 Å². The number of ketones is 1. The van der Waals surface area contributed by atoms with Crippen molar-refractivity contribution >= 4 is 5.78 Å². The third kappa shape index (κ3) is 2.35. The molecule has 108 valence electrons. The zero-order valence-electron chi connectivity index (χ0n) is 11.8. The number of aryl methyl sites for hydroxylation is 1. The Kier molecular flexibility index (Phi) is 3.33. The van der Waals surface area contributed by atoms with Crippen LogP contribution in [0.4, 0.5) is 0 Å². The zero-order chi connectivity index (χ0) is 15.0. The first-order chi connectivity index (χ1) is 10.1. The van der Waals surface area contributed by atoms with E-state index in [9.17, 15) is 14.4 Å². The number of carbonyl (C=O) groups excluding carboxylic acids is 1. The molecule has 1 aliphatic rings. The average Bonchev–Trinajstić information content (AvgIpc) is 2.47. The first-order valence-electron chi connectivity index (χ1n) is 7.00. The molecule has 0 spiro atoms. The van der Waals surface area contributed by atoms with Gasteiger partial charge in [-0.1, -0.05) is 24.3 Å². The number of Topliss-reactive ketones (excluding diaryl/α,β-unsaturated/α-hetero) is 1. The number of rotatable bonds is 2. The highest BCUT2D eigenvalue weighted by Crippen LogP contribution is 2.27. The first-order valence-corrected chi connectivity index (χ1v) is 7.00. The maximum atomic E-state index is 12.4. The van der Waals surface area contributed by atoms with Crippen LogP contribution in [0.5, 0.6) is 0 Å². The van der Waals surface area contributed by atoms with Crippen molar-refractivity contribution in [2.75, 3.05) is 0 Å². The Hall–Kier alpha value is -2.43. The number of nitrogens with zero attached hydrogens (tertiary/aromatic N) is 1. The monoisotopic (exact) mass is 284 g/mol. The Morgan fingerprint density at radius 1 is 1.24 bits per heavy atom. The van der Waals surface area contributed by atoms with Crippen LogP contribution in [0.25, 0.3) is 0 Å². The van der Waals surface area contributed by atoms with Crippen LogP contribution in [0, 0.1) is 0 Å². The Morgan fingerprint density at radius 3 is 2.67 bits per heavy atom. The predicted octanol–water partition coefficient (Wildman–Crippen LogP) is 1.47. The molecule has 1 heterocycles. The second-order valence-electron chi connectivity index (χ2n) is 5.40. The van der Waals surface area contributed by atoms with Crippen LogP contribution in [0.2, 0.25) is 0 Å². The maximum absolute atomic E-state index is 12.4. The minimum atomic E-state index is -0.490. The Labute approximate surface area is 121 Å². The summed E-state index contributed by atoms with van der Waals surface area (Å²) in [4.78, 5) is 38.4. The highest BCUT2D eigenvalue weighted by Gasteiger charge is 2.23. The van der Waals surface area contributed by atoms with Gasteiger partial charge in [0.05, 0.1) is 5.56 Å². The van der Waals surface area contributed by atoms with Gasteiger partial charge >= 0.3 is 5.69 Å². The highest BCUT2D eigenvalue weighted by molar-refractivity contribution is 5.93. The molecular formula is C16H16N2O3. The summed E-state index contributed by atoms with van der Waals surface area (Å²) in [5, 5.41) is 0. The number of benzene rings is 1. The van der Waals surface area contributed by atoms with Gasteiger partial charge in [-0.15, -0.1) is 0 Å². The van der Waals surface area contributed by atoms with E-state index in [-0.39, 0.29) is 17.4 Å². The maximum Gasteiger partial charge on any atom is 0.328 e. The van der Waals surface area contributed by atoms with Crippen LogP contribution in [-0.2, 0) is 12.8 Å². The SMILES string of the molecule is CC(=O)c1c[nH]c(=O)n(C2CCc3ccccc3C2)c1=O. The van der Waals surface area contributed by atoms with Gasteiger partial charge in [-0.05, 0) is 37.3 Å². The van der Waals surface area contributed by atoms with E-state index in [1.165, 1.54) is 23.3 Å². The number of H-pyrrole nitrogens is 1. The number of nitrogens with one attached hydrogen (secondary N) is 1. The Bertz CT molecular complexity index is 817. The van der Waals surface area contributed by atoms with Gasteiger partial charge < -0.3 is 4.98 Å². The molecule has 1 N–H and O–H groups in total. The molecule has 1 aromatic heterocycles. The summed E-state index contributed by atoms with van der Waals surface area (Å²) >= 11 is 0. The van der Waals surface area contributed by atoms with Crippen LogP contribution in [0.15, 0.2) is 40.1 Å². The molecule has 5 heteroatoms. The molecule has 0 fully saturated rings. The summed E-state index contributed by atoms with van der Waals surface area (Å²) in [6, 6.07) is 7.85. The minimum absolute atomic E-state index is 0.0356. The summed E-state index contributed by atoms with van der Waals surface area (Å²) < 4.78 is 1.20. The molecule has 0 aliphatic heterocycles. The molecule has 1 atom stereocenters. The molecule has 2 aromatic rings. The molecule has 5 nitrogen and oxygen atoms in total. The van der Waals surface area contributed by atoms with Gasteiger partial charge in [0.2, 0.25) is 0 Å². The summed E-state index contributed by atoms with van der Waals surface area (Å²) in [6.07, 6.45) is 3.40. The van der Waals surface area contributed by atoms with Crippen molar-refractivity contribution in [3.8, 4) is 0 Å². The third-order valence-corrected chi connectivity index (χ3v) is 4.07. The molecule has 21 heavy (non-hydrogen) atoms. The number of carbonyl (C=O) groups is 1. The summed E-state index contributed by atoms with van der Waals surface area (Å²) in [5.74, 6) is -0.332. The standard InChI is InChI=1S/C16H16N2O3/c1-10(19)14-9-17-16(21)18(15(14)20)13-7-6-11-4-2-3-5-12(11)8-13/h2-5,9,13H,6-8H2,1H3,(H,17,21). The summed E-state index contributed by atoms with van der Waals surface area (Å²) in [6.45, 7) is 1.33. The van der Waals surface area contributed by atoms with Gasteiger partial charge in [0.25, 0.3) is 5.56 Å². The largest absolute Gasteiger partial charge is 0.328 e. The lowest BCUT2D eigenvalue weighted by atomic mass is 9.88. The van der Waals surface area contributed by atoms with Crippen molar-refractivity contribution in [2.24, 2.45) is 0 Å². The normalized spacial score (nSPS) is 17.3. The number of hydrogen-bond acceptors (Lipinski definition) is 3. The number of fused-ring (bicyclic) bond motifs is 1. The van der Waals surface area contributed by atoms with Crippen molar-refractivity contribution < 1.29 is 4.79 Å². The first kappa shape index (κ1) is 13.5. The molecule has 1 unspecified atom stereocenters. The third-order valence-electron chi connectivity index (χ3n) is 4.07. The summed E-state index contributed by atoms with van der Waals surface area (Å²) in [7, 11) is 0. The lowest BCUT2D eigenvalue weighted by molar-refractivity contribution is 0.101. The van der Waals surface area contributed by atoms with Gasteiger partial charge in [0.15, 0.2) is 5.78 Å². The quantitative estimate of drug-likeness (QED) is 0.849. The van der Waals surface area contributed by atoms with Crippen LogP contribution in [-0.4, -0.2) is 15.3 Å². The van der Waals surface area contributed by atoms with Gasteiger partial charge in [-0.2, -0.15) is 0 Å². The fourth-order valence-corrected chi connectivity index (χ4v) is 2.97. The second kappa shape index (κ2) is 5.16. The van der Waals surface area contributed by atoms with Gasteiger partial charge in [-0.25, -0.2) is 4.79 Å². The molecule has 3 rings (SSSR count). The fraction of sp³-hybridized carbons (Fsp3) is 0.312. The Balaban J connectivity index is 2.07. The number of aromatic amines is 1. The lowest BCUT2D eigenvalue weighted by Gasteiger charge is -2.25. The summed E-state index contributed by atoms with van der Waals surface area (Å²) in [5.41, 5.74) is 1.52. The van der Waals surface area contributed by atoms with Crippen LogP contribution >= 0.6 is 0 Å². The van der Waals surface area contributed by atoms with E-state index in [1.54, 1.807) is 0 Å². The van der Waals surface area contributed by atoms with Crippen molar-refractivity contribution in [1.29, 1.82) is 0 Å². The smallest absolute Gasteiger partial charge is 0.313 e. The van der Waals surface area contributed by atoms with Gasteiger partial charge in [-0.3, -0.25) is 14.2 Å².